The zero-order valence-corrected chi connectivity index (χ0v) is 59.5. The molecule has 0 aliphatic carbocycles. The van der Waals surface area contributed by atoms with Crippen molar-refractivity contribution >= 4 is 17.9 Å². The number of esters is 2. The fourth-order valence-electron chi connectivity index (χ4n) is 10.2. The molecule has 0 heterocycles. The quantitative estimate of drug-likeness (QED) is 0.0211. The Balaban J connectivity index is 4.13. The number of ether oxygens (including phenoxy) is 4. The van der Waals surface area contributed by atoms with Crippen molar-refractivity contribution in [1.29, 1.82) is 0 Å². The molecule has 9 nitrogen and oxygen atoms in total. The highest BCUT2D eigenvalue weighted by atomic mass is 16.7. The van der Waals surface area contributed by atoms with Crippen molar-refractivity contribution in [2.24, 2.45) is 0 Å². The number of likely N-dealkylation sites (N-methyl/N-ethyl adjacent to an activating group) is 1. The van der Waals surface area contributed by atoms with E-state index in [2.05, 4.69) is 148 Å². The third-order valence-corrected chi connectivity index (χ3v) is 15.9. The maximum atomic E-state index is 13.0. The van der Waals surface area contributed by atoms with E-state index in [1.54, 1.807) is 0 Å². The maximum absolute atomic E-state index is 13.0. The molecule has 0 saturated carbocycles. The number of hydrogen-bond acceptors (Lipinski definition) is 7. The van der Waals surface area contributed by atoms with E-state index in [0.29, 0.717) is 23.9 Å². The first kappa shape index (κ1) is 86.4. The molecule has 1 N–H and O–H groups in total. The van der Waals surface area contributed by atoms with Gasteiger partial charge < -0.3 is 28.5 Å². The molecule has 0 aromatic carbocycles. The first-order valence-electron chi connectivity index (χ1n) is 37.3. The molecule has 0 saturated heterocycles. The van der Waals surface area contributed by atoms with Gasteiger partial charge in [-0.1, -0.05) is 314 Å². The van der Waals surface area contributed by atoms with Gasteiger partial charge >= 0.3 is 17.9 Å². The van der Waals surface area contributed by atoms with Gasteiger partial charge in [0, 0.05) is 12.8 Å². The fourth-order valence-corrected chi connectivity index (χ4v) is 10.2. The molecule has 91 heavy (non-hydrogen) atoms. The number of unbranched alkanes of at least 4 members (excludes halogenated alkanes) is 31. The number of hydrogen-bond donors (Lipinski definition) is 1. The summed E-state index contributed by atoms with van der Waals surface area (Å²) in [7, 11) is 5.98. The van der Waals surface area contributed by atoms with Crippen LogP contribution in [0.4, 0.5) is 0 Å². The van der Waals surface area contributed by atoms with Crippen LogP contribution in [0.25, 0.3) is 0 Å². The first-order valence-corrected chi connectivity index (χ1v) is 37.3. The van der Waals surface area contributed by atoms with E-state index in [4.69, 9.17) is 18.9 Å². The van der Waals surface area contributed by atoms with Gasteiger partial charge in [0.1, 0.15) is 13.2 Å². The minimum atomic E-state index is -1.52. The summed E-state index contributed by atoms with van der Waals surface area (Å²) in [6.07, 6.45) is 100.0. The van der Waals surface area contributed by atoms with Crippen molar-refractivity contribution in [3.8, 4) is 0 Å². The molecule has 0 fully saturated rings. The molecular formula is C82H140NO8+. The summed E-state index contributed by atoms with van der Waals surface area (Å²) in [5, 5.41) is 9.76. The third-order valence-electron chi connectivity index (χ3n) is 15.9. The van der Waals surface area contributed by atoms with Gasteiger partial charge in [0.05, 0.1) is 34.4 Å². The van der Waals surface area contributed by atoms with Crippen molar-refractivity contribution in [1.82, 2.24) is 0 Å². The predicted molar refractivity (Wildman–Crippen MR) is 391 cm³/mol. The number of carbonyl (C=O) groups is 3. The smallest absolute Gasteiger partial charge is 0.361 e. The first-order chi connectivity index (χ1) is 44.6. The van der Waals surface area contributed by atoms with Crippen molar-refractivity contribution in [2.45, 2.75) is 322 Å². The lowest BCUT2D eigenvalue weighted by molar-refractivity contribution is -0.870. The van der Waals surface area contributed by atoms with E-state index < -0.39 is 24.3 Å². The number of carboxylic acids is 1. The Morgan fingerprint density at radius 3 is 0.934 bits per heavy atom. The molecule has 0 aromatic rings. The molecule has 0 aliphatic heterocycles. The van der Waals surface area contributed by atoms with Crippen LogP contribution in [-0.4, -0.2) is 87.4 Å². The van der Waals surface area contributed by atoms with Gasteiger partial charge in [-0.2, -0.15) is 0 Å². The molecule has 2 unspecified atom stereocenters. The number of quaternary nitrogens is 1. The van der Waals surface area contributed by atoms with Gasteiger partial charge in [0.15, 0.2) is 6.10 Å². The minimum absolute atomic E-state index is 0.182. The SMILES string of the molecule is CC/C=C\C/C=C\C/C=C\C/C=C\C/C=C\C/C=C\C/C=C\C/C=C\CCCCCCCCCCCCC(=O)OC(COC(=O)CCCCCCCCCCCCCCCCCC/C=C\C/C=C\C/C=C\CCCCCCC)COC(OCC[N+](C)(C)C)C(=O)O. The van der Waals surface area contributed by atoms with E-state index in [-0.39, 0.29) is 32.2 Å². The number of rotatable bonds is 68. The zero-order valence-electron chi connectivity index (χ0n) is 59.5. The van der Waals surface area contributed by atoms with Crippen LogP contribution >= 0.6 is 0 Å². The highest BCUT2D eigenvalue weighted by molar-refractivity contribution is 5.71. The number of allylic oxidation sites excluding steroid dienone is 22. The molecule has 0 aliphatic rings. The monoisotopic (exact) mass is 1270 g/mol. The summed E-state index contributed by atoms with van der Waals surface area (Å²) in [4.78, 5) is 37.7. The molecule has 0 amide bonds. The molecule has 0 radical (unpaired) electrons. The Labute approximate surface area is 560 Å². The largest absolute Gasteiger partial charge is 0.477 e. The Morgan fingerprint density at radius 2 is 0.626 bits per heavy atom. The van der Waals surface area contributed by atoms with Crippen molar-refractivity contribution in [3.63, 3.8) is 0 Å². The lowest BCUT2D eigenvalue weighted by atomic mass is 10.0. The molecule has 9 heteroatoms. The zero-order chi connectivity index (χ0) is 66.1. The molecule has 0 rings (SSSR count). The van der Waals surface area contributed by atoms with Crippen molar-refractivity contribution < 1.29 is 42.9 Å². The number of carbonyl (C=O) groups excluding carboxylic acids is 2. The van der Waals surface area contributed by atoms with Crippen LogP contribution in [0.5, 0.6) is 0 Å². The second-order valence-electron chi connectivity index (χ2n) is 25.9. The van der Waals surface area contributed by atoms with Crippen LogP contribution in [0, 0.1) is 0 Å². The second kappa shape index (κ2) is 71.3. The molecule has 0 spiro atoms. The van der Waals surface area contributed by atoms with Crippen LogP contribution in [0.3, 0.4) is 0 Å². The third kappa shape index (κ3) is 72.7. The topological polar surface area (TPSA) is 108 Å². The molecule has 520 valence electrons. The van der Waals surface area contributed by atoms with Crippen LogP contribution in [-0.2, 0) is 33.3 Å². The van der Waals surface area contributed by atoms with Crippen LogP contribution in [0.1, 0.15) is 309 Å². The summed E-state index contributed by atoms with van der Waals surface area (Å²) in [6, 6.07) is 0. The van der Waals surface area contributed by atoms with Crippen LogP contribution in [0.2, 0.25) is 0 Å². The fraction of sp³-hybridized carbons (Fsp3) is 0.695. The highest BCUT2D eigenvalue weighted by Gasteiger charge is 2.25. The van der Waals surface area contributed by atoms with Gasteiger partial charge in [-0.05, 0) is 116 Å². The van der Waals surface area contributed by atoms with Crippen LogP contribution < -0.4 is 0 Å². The number of aliphatic carboxylic acids is 1. The standard InChI is InChI=1S/C82H139NO8/c1-6-8-10-12-14-16-18-20-22-24-26-28-30-32-34-36-38-39-40-41-43-45-47-49-51-53-55-57-59-61-63-65-67-69-71-73-80(85)91-78(77-90-82(81(86)87)88-75-74-83(3,4)5)76-89-79(84)72-70-68-66-64-62-60-58-56-54-52-50-48-46-44-42-37-35-33-31-29-27-25-23-21-19-17-15-13-11-9-7-2/h8,10,14,16,19-22,25-28,31-34,38-39,41,43,47,49,78,82H,6-7,9,11-13,15,17-18,23-24,29-30,35-37,40,42,44-46,48,50-77H2,1-5H3/p+1/b10-8-,16-14-,21-19-,22-20-,27-25-,28-26-,33-31-,34-32-,39-38-,43-41-,49-47-. The summed E-state index contributed by atoms with van der Waals surface area (Å²) in [6.45, 7) is 4.76. The highest BCUT2D eigenvalue weighted by Crippen LogP contribution is 2.17. The number of carboxylic acid groups (broad SMARTS) is 1. The molecule has 2 atom stereocenters. The van der Waals surface area contributed by atoms with E-state index in [1.807, 2.05) is 21.1 Å². The van der Waals surface area contributed by atoms with E-state index in [1.165, 1.54) is 167 Å². The number of nitrogens with zero attached hydrogens (tertiary/aromatic N) is 1. The summed E-state index contributed by atoms with van der Waals surface area (Å²) >= 11 is 0. The van der Waals surface area contributed by atoms with Gasteiger partial charge in [0.25, 0.3) is 6.29 Å². The Morgan fingerprint density at radius 1 is 0.341 bits per heavy atom. The van der Waals surface area contributed by atoms with Crippen LogP contribution in [0.15, 0.2) is 134 Å². The Bertz CT molecular complexity index is 1960. The summed E-state index contributed by atoms with van der Waals surface area (Å²) in [5.74, 6) is -2.01. The Kier molecular flexibility index (Phi) is 67.7. The predicted octanol–water partition coefficient (Wildman–Crippen LogP) is 23.7. The lowest BCUT2D eigenvalue weighted by Gasteiger charge is -2.25. The second-order valence-corrected chi connectivity index (χ2v) is 25.9. The minimum Gasteiger partial charge on any atom is -0.477 e. The van der Waals surface area contributed by atoms with Crippen molar-refractivity contribution in [2.75, 3.05) is 47.5 Å². The summed E-state index contributed by atoms with van der Waals surface area (Å²) < 4.78 is 23.0. The van der Waals surface area contributed by atoms with Gasteiger partial charge in [0.2, 0.25) is 0 Å². The van der Waals surface area contributed by atoms with Gasteiger partial charge in [-0.25, -0.2) is 4.79 Å². The molecule has 0 bridgehead atoms. The maximum Gasteiger partial charge on any atom is 0.361 e. The summed E-state index contributed by atoms with van der Waals surface area (Å²) in [5.41, 5.74) is 0. The lowest BCUT2D eigenvalue weighted by Crippen LogP contribution is -2.40. The van der Waals surface area contributed by atoms with Gasteiger partial charge in [-0.3, -0.25) is 9.59 Å². The van der Waals surface area contributed by atoms with Crippen molar-refractivity contribution in [3.05, 3.63) is 134 Å². The normalized spacial score (nSPS) is 13.5. The molecular weight excluding hydrogens is 1130 g/mol. The van der Waals surface area contributed by atoms with E-state index >= 15 is 0 Å². The Hall–Kier alpha value is -4.57. The average Bonchev–Trinajstić information content (AvgIpc) is 3.46. The van der Waals surface area contributed by atoms with E-state index in [9.17, 15) is 19.5 Å². The van der Waals surface area contributed by atoms with Gasteiger partial charge in [-0.15, -0.1) is 0 Å². The molecule has 0 aromatic heterocycles. The average molecular weight is 1270 g/mol. The van der Waals surface area contributed by atoms with E-state index in [0.717, 1.165) is 109 Å².